The Morgan fingerprint density at radius 2 is 1.93 bits per heavy atom. The van der Waals surface area contributed by atoms with Gasteiger partial charge in [-0.3, -0.25) is 4.68 Å². The van der Waals surface area contributed by atoms with Crippen LogP contribution >= 0.6 is 23.2 Å². The number of methoxy groups -OCH3 is 1. The Kier molecular flexibility index (Phi) is 9.20. The zero-order valence-electron chi connectivity index (χ0n) is 24.9. The standard InChI is InChI=1S/C31H34Cl2FN5O5/c1-31(2,3)44-30(42)37(11-12-43-4)10-9-18-5-7-19(8-6-18)21-14-23(32)22-16-39(36-26(22)25(21)33)28(29(40)41)27-24-13-20(34)15-38(24)17-35-27/h5-8,14,16-17,20,28H,9-13,15H2,1-4H3,(H,40,41)/t20-,28?/m1/s1. The number of rotatable bonds is 10. The van der Waals surface area contributed by atoms with Crippen molar-refractivity contribution in [2.75, 3.05) is 26.8 Å². The maximum atomic E-state index is 14.0. The average molecular weight is 647 g/mol. The van der Waals surface area contributed by atoms with Gasteiger partial charge in [-0.2, -0.15) is 5.10 Å². The van der Waals surface area contributed by atoms with Gasteiger partial charge in [-0.25, -0.2) is 19.0 Å². The lowest BCUT2D eigenvalue weighted by Crippen LogP contribution is -2.39. The van der Waals surface area contributed by atoms with Gasteiger partial charge in [0.2, 0.25) is 0 Å². The molecule has 0 radical (unpaired) electrons. The number of ether oxygens (including phenoxy) is 2. The van der Waals surface area contributed by atoms with Gasteiger partial charge in [-0.1, -0.05) is 47.5 Å². The molecule has 0 fully saturated rings. The first-order valence-electron chi connectivity index (χ1n) is 14.2. The number of nitrogens with zero attached hydrogens (tertiary/aromatic N) is 5. The number of carboxylic acid groups (broad SMARTS) is 1. The minimum atomic E-state index is -1.28. The van der Waals surface area contributed by atoms with Crippen molar-refractivity contribution >= 4 is 46.2 Å². The van der Waals surface area contributed by atoms with Gasteiger partial charge in [0.25, 0.3) is 0 Å². The molecule has 2 aromatic carbocycles. The molecule has 1 amide bonds. The van der Waals surface area contributed by atoms with Crippen LogP contribution in [0.3, 0.4) is 0 Å². The second-order valence-electron chi connectivity index (χ2n) is 11.8. The molecule has 0 bridgehead atoms. The minimum absolute atomic E-state index is 0.0910. The van der Waals surface area contributed by atoms with Crippen LogP contribution in [0.1, 0.15) is 43.8 Å². The van der Waals surface area contributed by atoms with E-state index in [1.54, 1.807) is 22.6 Å². The first kappa shape index (κ1) is 31.7. The van der Waals surface area contributed by atoms with Gasteiger partial charge in [0.15, 0.2) is 6.04 Å². The molecule has 1 aliphatic rings. The summed E-state index contributed by atoms with van der Waals surface area (Å²) in [5.41, 5.74) is 2.93. The highest BCUT2D eigenvalue weighted by Crippen LogP contribution is 2.39. The van der Waals surface area contributed by atoms with Crippen molar-refractivity contribution in [3.63, 3.8) is 0 Å². The van der Waals surface area contributed by atoms with Gasteiger partial charge < -0.3 is 24.0 Å². The number of benzene rings is 2. The molecule has 1 aliphatic heterocycles. The fourth-order valence-corrected chi connectivity index (χ4v) is 5.83. The number of hydrogen-bond acceptors (Lipinski definition) is 6. The number of halogens is 3. The summed E-state index contributed by atoms with van der Waals surface area (Å²) in [5.74, 6) is -1.18. The highest BCUT2D eigenvalue weighted by atomic mass is 35.5. The average Bonchev–Trinajstić information content (AvgIpc) is 3.66. The van der Waals surface area contributed by atoms with E-state index in [4.69, 9.17) is 32.7 Å². The lowest BCUT2D eigenvalue weighted by atomic mass is 10.0. The van der Waals surface area contributed by atoms with E-state index in [0.29, 0.717) is 58.3 Å². The van der Waals surface area contributed by atoms with Crippen LogP contribution in [0.5, 0.6) is 0 Å². The van der Waals surface area contributed by atoms with Crippen molar-refractivity contribution in [3.05, 3.63) is 69.9 Å². The molecule has 0 saturated heterocycles. The number of hydrogen-bond donors (Lipinski definition) is 1. The van der Waals surface area contributed by atoms with Crippen LogP contribution in [0, 0.1) is 0 Å². The number of aromatic nitrogens is 4. The van der Waals surface area contributed by atoms with Crippen LogP contribution in [0.25, 0.3) is 22.0 Å². The van der Waals surface area contributed by atoms with E-state index in [-0.39, 0.29) is 18.7 Å². The number of aliphatic carboxylic acids is 1. The molecule has 1 N–H and O–H groups in total. The van der Waals surface area contributed by atoms with E-state index in [0.717, 1.165) is 11.1 Å². The van der Waals surface area contributed by atoms with Crippen LogP contribution in [-0.4, -0.2) is 80.0 Å². The van der Waals surface area contributed by atoms with E-state index in [1.807, 2.05) is 45.0 Å². The van der Waals surface area contributed by atoms with E-state index in [1.165, 1.54) is 17.2 Å². The molecule has 0 saturated carbocycles. The Hall–Kier alpha value is -3.67. The summed E-state index contributed by atoms with van der Waals surface area (Å²) in [4.78, 5) is 31.0. The molecule has 0 aliphatic carbocycles. The Morgan fingerprint density at radius 1 is 1.20 bits per heavy atom. The zero-order valence-corrected chi connectivity index (χ0v) is 26.4. The molecule has 13 heteroatoms. The molecule has 1 unspecified atom stereocenters. The van der Waals surface area contributed by atoms with Crippen LogP contribution in [0.15, 0.2) is 42.9 Å². The van der Waals surface area contributed by atoms with Crippen molar-refractivity contribution in [1.29, 1.82) is 0 Å². The maximum absolute atomic E-state index is 14.0. The highest BCUT2D eigenvalue weighted by molar-refractivity contribution is 6.42. The van der Waals surface area contributed by atoms with Crippen molar-refractivity contribution in [3.8, 4) is 11.1 Å². The third kappa shape index (κ3) is 6.69. The van der Waals surface area contributed by atoms with Gasteiger partial charge in [-0.05, 0) is 44.4 Å². The monoisotopic (exact) mass is 645 g/mol. The van der Waals surface area contributed by atoms with Crippen LogP contribution in [0.2, 0.25) is 10.0 Å². The van der Waals surface area contributed by atoms with E-state index in [2.05, 4.69) is 10.1 Å². The lowest BCUT2D eigenvalue weighted by Gasteiger charge is -2.27. The quantitative estimate of drug-likeness (QED) is 0.218. The van der Waals surface area contributed by atoms with Crippen LogP contribution < -0.4 is 0 Å². The van der Waals surface area contributed by atoms with Gasteiger partial charge >= 0.3 is 12.1 Å². The third-order valence-electron chi connectivity index (χ3n) is 7.40. The number of imidazole rings is 1. The number of alkyl halides is 1. The molecule has 5 rings (SSSR count). The summed E-state index contributed by atoms with van der Waals surface area (Å²) in [6.07, 6.45) is 2.19. The fraction of sp³-hybridized carbons (Fsp3) is 0.419. The number of amides is 1. The molecule has 2 atom stereocenters. The van der Waals surface area contributed by atoms with Crippen molar-refractivity contribution in [2.24, 2.45) is 0 Å². The second-order valence-corrected chi connectivity index (χ2v) is 12.6. The van der Waals surface area contributed by atoms with E-state index < -0.39 is 29.9 Å². The van der Waals surface area contributed by atoms with Gasteiger partial charge in [0, 0.05) is 49.5 Å². The van der Waals surface area contributed by atoms with Crippen molar-refractivity contribution in [2.45, 2.75) is 58.0 Å². The highest BCUT2D eigenvalue weighted by Gasteiger charge is 2.34. The number of fused-ring (bicyclic) bond motifs is 2. The fourth-order valence-electron chi connectivity index (χ4n) is 5.28. The molecule has 234 valence electrons. The molecule has 10 nitrogen and oxygen atoms in total. The molecule has 44 heavy (non-hydrogen) atoms. The topological polar surface area (TPSA) is 112 Å². The minimum Gasteiger partial charge on any atom is -0.479 e. The SMILES string of the molecule is COCCN(CCc1ccc(-c2cc(Cl)c3cn(C(C(=O)O)c4ncn5c4C[C@@H](F)C5)nc3c2Cl)cc1)C(=O)OC(C)(C)C. The van der Waals surface area contributed by atoms with Gasteiger partial charge in [-0.15, -0.1) is 0 Å². The predicted octanol–water partition coefficient (Wildman–Crippen LogP) is 6.20. The summed E-state index contributed by atoms with van der Waals surface area (Å²) in [6.45, 7) is 6.88. The summed E-state index contributed by atoms with van der Waals surface area (Å²) < 4.78 is 27.6. The first-order valence-corrected chi connectivity index (χ1v) is 15.0. The Morgan fingerprint density at radius 3 is 2.59 bits per heavy atom. The summed E-state index contributed by atoms with van der Waals surface area (Å²) in [6, 6.07) is 8.16. The first-order chi connectivity index (χ1) is 20.9. The smallest absolute Gasteiger partial charge is 0.410 e. The van der Waals surface area contributed by atoms with E-state index in [9.17, 15) is 19.1 Å². The molecule has 0 spiro atoms. The van der Waals surface area contributed by atoms with Gasteiger partial charge in [0.05, 0.1) is 35.2 Å². The lowest BCUT2D eigenvalue weighted by molar-refractivity contribution is -0.139. The number of carbonyl (C=O) groups excluding carboxylic acids is 1. The van der Waals surface area contributed by atoms with Crippen molar-refractivity contribution < 1.29 is 28.6 Å². The largest absolute Gasteiger partial charge is 0.479 e. The summed E-state index contributed by atoms with van der Waals surface area (Å²) in [7, 11) is 1.59. The summed E-state index contributed by atoms with van der Waals surface area (Å²) >= 11 is 13.5. The molecular formula is C31H34Cl2FN5O5. The van der Waals surface area contributed by atoms with Gasteiger partial charge in [0.1, 0.15) is 17.3 Å². The molecular weight excluding hydrogens is 612 g/mol. The third-order valence-corrected chi connectivity index (χ3v) is 8.10. The molecule has 4 aromatic rings. The normalized spacial score (nSPS) is 15.4. The van der Waals surface area contributed by atoms with Crippen LogP contribution in [-0.2, 0) is 33.7 Å². The summed E-state index contributed by atoms with van der Waals surface area (Å²) in [5, 5.41) is 15.8. The predicted molar refractivity (Wildman–Crippen MR) is 165 cm³/mol. The molecule has 3 heterocycles. The Bertz CT molecular complexity index is 1680. The van der Waals surface area contributed by atoms with E-state index >= 15 is 0 Å². The molecule has 2 aromatic heterocycles. The maximum Gasteiger partial charge on any atom is 0.410 e. The second kappa shape index (κ2) is 12.7. The Balaban J connectivity index is 1.38. The zero-order chi connectivity index (χ0) is 31.8. The number of carbonyl (C=O) groups is 2. The Labute approximate surface area is 264 Å². The number of carboxylic acids is 1. The van der Waals surface area contributed by atoms with Crippen LogP contribution in [0.4, 0.5) is 9.18 Å². The van der Waals surface area contributed by atoms with Crippen molar-refractivity contribution in [1.82, 2.24) is 24.2 Å².